The van der Waals surface area contributed by atoms with Crippen LogP contribution in [0.15, 0.2) is 36.4 Å². The molecule has 0 saturated heterocycles. The molecule has 0 radical (unpaired) electrons. The summed E-state index contributed by atoms with van der Waals surface area (Å²) in [5, 5.41) is 0. The number of carbonyl (C=O) groups excluding carboxylic acids is 1. The normalized spacial score (nSPS) is 14.1. The van der Waals surface area contributed by atoms with E-state index in [0.29, 0.717) is 22.3 Å². The first-order valence-electron chi connectivity index (χ1n) is 8.45. The van der Waals surface area contributed by atoms with Gasteiger partial charge < -0.3 is 9.47 Å². The molecular weight excluding hydrogens is 423 g/mol. The van der Waals surface area contributed by atoms with Gasteiger partial charge in [-0.15, -0.1) is 0 Å². The summed E-state index contributed by atoms with van der Waals surface area (Å²) in [7, 11) is 1.31. The Morgan fingerprint density at radius 1 is 0.933 bits per heavy atom. The molecular formula is C19H14F7NO3. The Morgan fingerprint density at radius 2 is 1.50 bits per heavy atom. The second-order valence-corrected chi connectivity index (χ2v) is 6.54. The van der Waals surface area contributed by atoms with Gasteiger partial charge >= 0.3 is 18.4 Å². The Morgan fingerprint density at radius 3 is 2.07 bits per heavy atom. The van der Waals surface area contributed by atoms with Crippen LogP contribution in [0.1, 0.15) is 11.1 Å². The zero-order chi connectivity index (χ0) is 22.3. The molecule has 1 heterocycles. The van der Waals surface area contributed by atoms with Crippen LogP contribution in [0.3, 0.4) is 0 Å². The van der Waals surface area contributed by atoms with Gasteiger partial charge in [-0.05, 0) is 40.5 Å². The largest absolute Gasteiger partial charge is 0.494 e. The molecule has 1 aliphatic heterocycles. The van der Waals surface area contributed by atoms with E-state index in [0.717, 1.165) is 4.90 Å². The van der Waals surface area contributed by atoms with Crippen LogP contribution >= 0.6 is 0 Å². The third kappa shape index (κ3) is 4.44. The first kappa shape index (κ1) is 21.7. The van der Waals surface area contributed by atoms with Gasteiger partial charge in [0.25, 0.3) is 6.10 Å². The van der Waals surface area contributed by atoms with Crippen LogP contribution in [-0.4, -0.2) is 36.6 Å². The van der Waals surface area contributed by atoms with Crippen molar-refractivity contribution in [2.45, 2.75) is 31.5 Å². The molecule has 0 fully saturated rings. The Bertz CT molecular complexity index is 942. The predicted molar refractivity (Wildman–Crippen MR) is 90.0 cm³/mol. The van der Waals surface area contributed by atoms with E-state index in [1.165, 1.54) is 19.2 Å². The van der Waals surface area contributed by atoms with Gasteiger partial charge in [-0.2, -0.15) is 26.3 Å². The number of ether oxygens (including phenoxy) is 2. The van der Waals surface area contributed by atoms with Gasteiger partial charge in [0.15, 0.2) is 11.6 Å². The Hall–Kier alpha value is -2.98. The molecule has 0 aliphatic carbocycles. The molecule has 30 heavy (non-hydrogen) atoms. The minimum absolute atomic E-state index is 0.0396. The van der Waals surface area contributed by atoms with Crippen molar-refractivity contribution < 1.29 is 45.0 Å². The van der Waals surface area contributed by atoms with Gasteiger partial charge in [0.2, 0.25) is 0 Å². The highest BCUT2D eigenvalue weighted by atomic mass is 19.4. The number of carbonyl (C=O) groups is 1. The Kier molecular flexibility index (Phi) is 5.57. The van der Waals surface area contributed by atoms with Gasteiger partial charge in [-0.1, -0.05) is 18.2 Å². The lowest BCUT2D eigenvalue weighted by molar-refractivity contribution is -0.308. The molecule has 4 nitrogen and oxygen atoms in total. The molecule has 0 atom stereocenters. The molecule has 0 unspecified atom stereocenters. The Labute approximate surface area is 165 Å². The smallest absolute Gasteiger partial charge is 0.434 e. The van der Waals surface area contributed by atoms with E-state index < -0.39 is 30.4 Å². The van der Waals surface area contributed by atoms with Gasteiger partial charge in [0, 0.05) is 13.1 Å². The monoisotopic (exact) mass is 437 g/mol. The number of hydrogen-bond acceptors (Lipinski definition) is 3. The topological polar surface area (TPSA) is 38.8 Å². The van der Waals surface area contributed by atoms with E-state index >= 15 is 0 Å². The van der Waals surface area contributed by atoms with Crippen molar-refractivity contribution in [3.05, 3.63) is 53.3 Å². The van der Waals surface area contributed by atoms with Gasteiger partial charge in [-0.3, -0.25) is 4.90 Å². The number of rotatable bonds is 3. The SMILES string of the molecule is COc1ccc(-c2ccc3c(c2)CN(C(=O)OC(C(F)(F)F)C(F)(F)F)C3)cc1F. The number of benzene rings is 2. The van der Waals surface area contributed by atoms with Crippen LogP contribution in [0.4, 0.5) is 35.5 Å². The molecule has 1 aliphatic rings. The van der Waals surface area contributed by atoms with Crippen LogP contribution in [-0.2, 0) is 17.8 Å². The number of halogens is 7. The van der Waals surface area contributed by atoms with E-state index in [9.17, 15) is 35.5 Å². The van der Waals surface area contributed by atoms with Crippen molar-refractivity contribution in [1.29, 1.82) is 0 Å². The minimum Gasteiger partial charge on any atom is -0.494 e. The van der Waals surface area contributed by atoms with Crippen molar-refractivity contribution in [2.75, 3.05) is 7.11 Å². The average molecular weight is 437 g/mol. The van der Waals surface area contributed by atoms with E-state index in [2.05, 4.69) is 4.74 Å². The summed E-state index contributed by atoms with van der Waals surface area (Å²) in [6, 6.07) is 8.96. The van der Waals surface area contributed by atoms with Crippen molar-refractivity contribution >= 4 is 6.09 Å². The second kappa shape index (κ2) is 7.69. The third-order valence-electron chi connectivity index (χ3n) is 4.49. The molecule has 2 aromatic rings. The van der Waals surface area contributed by atoms with Crippen LogP contribution in [0.2, 0.25) is 0 Å². The fourth-order valence-corrected chi connectivity index (χ4v) is 3.04. The van der Waals surface area contributed by atoms with Gasteiger partial charge in [0.1, 0.15) is 0 Å². The van der Waals surface area contributed by atoms with Crippen LogP contribution in [0.25, 0.3) is 11.1 Å². The number of fused-ring (bicyclic) bond motifs is 1. The minimum atomic E-state index is -5.79. The summed E-state index contributed by atoms with van der Waals surface area (Å²) in [5.74, 6) is -0.566. The molecule has 0 spiro atoms. The average Bonchev–Trinajstić information content (AvgIpc) is 3.07. The summed E-state index contributed by atoms with van der Waals surface area (Å²) in [6.07, 6.45) is -17.5. The fourth-order valence-electron chi connectivity index (χ4n) is 3.04. The summed E-state index contributed by atoms with van der Waals surface area (Å²) in [6.45, 7) is -0.461. The van der Waals surface area contributed by atoms with Gasteiger partial charge in [0.05, 0.1) is 7.11 Å². The first-order valence-corrected chi connectivity index (χ1v) is 8.45. The maximum absolute atomic E-state index is 13.9. The highest BCUT2D eigenvalue weighted by Crippen LogP contribution is 2.37. The molecule has 162 valence electrons. The zero-order valence-corrected chi connectivity index (χ0v) is 15.3. The number of methoxy groups -OCH3 is 1. The van der Waals surface area contributed by atoms with Crippen LogP contribution < -0.4 is 4.74 Å². The number of nitrogens with zero attached hydrogens (tertiary/aromatic N) is 1. The number of alkyl halides is 6. The third-order valence-corrected chi connectivity index (χ3v) is 4.49. The second-order valence-electron chi connectivity index (χ2n) is 6.54. The van der Waals surface area contributed by atoms with Crippen molar-refractivity contribution in [2.24, 2.45) is 0 Å². The van der Waals surface area contributed by atoms with Crippen molar-refractivity contribution in [3.8, 4) is 16.9 Å². The van der Waals surface area contributed by atoms with Crippen LogP contribution in [0, 0.1) is 5.82 Å². The highest BCUT2D eigenvalue weighted by Gasteiger charge is 2.60. The maximum atomic E-state index is 13.9. The fraction of sp³-hybridized carbons (Fsp3) is 0.316. The lowest BCUT2D eigenvalue weighted by atomic mass is 10.0. The lowest BCUT2D eigenvalue weighted by Gasteiger charge is -2.25. The number of hydrogen-bond donors (Lipinski definition) is 0. The standard InChI is InChI=1S/C19H14F7NO3/c1-29-15-5-4-11(7-14(15)20)10-2-3-12-8-27(9-13(12)6-10)17(28)30-16(18(21,22)23)19(24,25)26/h2-7,16H,8-9H2,1H3. The van der Waals surface area contributed by atoms with Crippen molar-refractivity contribution in [1.82, 2.24) is 4.90 Å². The van der Waals surface area contributed by atoms with E-state index in [1.54, 1.807) is 24.3 Å². The summed E-state index contributed by atoms with van der Waals surface area (Å²) in [5.41, 5.74) is 2.05. The summed E-state index contributed by atoms with van der Waals surface area (Å²) in [4.78, 5) is 12.7. The molecule has 0 N–H and O–H groups in total. The first-order chi connectivity index (χ1) is 13.9. The van der Waals surface area contributed by atoms with E-state index in [4.69, 9.17) is 4.74 Å². The summed E-state index contributed by atoms with van der Waals surface area (Å²) < 4.78 is 98.1. The maximum Gasteiger partial charge on any atom is 0.434 e. The lowest BCUT2D eigenvalue weighted by Crippen LogP contribution is -2.47. The quantitative estimate of drug-likeness (QED) is 0.600. The molecule has 0 saturated carbocycles. The molecule has 0 bridgehead atoms. The summed E-state index contributed by atoms with van der Waals surface area (Å²) >= 11 is 0. The van der Waals surface area contributed by atoms with E-state index in [1.807, 2.05) is 0 Å². The molecule has 1 amide bonds. The predicted octanol–water partition coefficient (Wildman–Crippen LogP) is 5.45. The van der Waals surface area contributed by atoms with E-state index in [-0.39, 0.29) is 18.8 Å². The molecule has 3 rings (SSSR count). The van der Waals surface area contributed by atoms with Crippen molar-refractivity contribution in [3.63, 3.8) is 0 Å². The molecule has 2 aromatic carbocycles. The molecule has 11 heteroatoms. The molecule has 0 aromatic heterocycles. The van der Waals surface area contributed by atoms with Gasteiger partial charge in [-0.25, -0.2) is 9.18 Å². The zero-order valence-electron chi connectivity index (χ0n) is 15.3. The highest BCUT2D eigenvalue weighted by molar-refractivity contribution is 5.71. The number of amides is 1. The Balaban J connectivity index is 1.77. The van der Waals surface area contributed by atoms with Crippen LogP contribution in [0.5, 0.6) is 5.75 Å².